The van der Waals surface area contributed by atoms with E-state index in [9.17, 15) is 9.50 Å². The largest absolute Gasteiger partial charge is 0.396 e. The lowest BCUT2D eigenvalue weighted by atomic mass is 9.85. The highest BCUT2D eigenvalue weighted by Gasteiger charge is 2.37. The minimum atomic E-state index is -0.187. The molecule has 1 aliphatic rings. The first-order chi connectivity index (χ1) is 9.05. The fourth-order valence-electron chi connectivity index (χ4n) is 3.00. The molecule has 2 N–H and O–H groups in total. The molecule has 3 unspecified atom stereocenters. The van der Waals surface area contributed by atoms with Gasteiger partial charge in [0.1, 0.15) is 5.82 Å². The first kappa shape index (κ1) is 14.5. The smallest absolute Gasteiger partial charge is 0.123 e. The van der Waals surface area contributed by atoms with E-state index in [1.165, 1.54) is 18.6 Å². The van der Waals surface area contributed by atoms with E-state index in [0.717, 1.165) is 24.9 Å². The van der Waals surface area contributed by atoms with Gasteiger partial charge in [0.25, 0.3) is 0 Å². The first-order valence-electron chi connectivity index (χ1n) is 7.15. The van der Waals surface area contributed by atoms with Gasteiger partial charge in [-0.25, -0.2) is 4.39 Å². The van der Waals surface area contributed by atoms with Crippen molar-refractivity contribution in [3.63, 3.8) is 0 Å². The van der Waals surface area contributed by atoms with Crippen LogP contribution in [0.5, 0.6) is 0 Å². The van der Waals surface area contributed by atoms with Gasteiger partial charge in [0.15, 0.2) is 0 Å². The lowest BCUT2D eigenvalue weighted by Crippen LogP contribution is -2.43. The number of halogens is 1. The average Bonchev–Trinajstić information content (AvgIpc) is 2.79. The summed E-state index contributed by atoms with van der Waals surface area (Å²) in [6.45, 7) is 5.41. The Bertz CT molecular complexity index is 406. The van der Waals surface area contributed by atoms with Crippen LogP contribution in [-0.2, 0) is 0 Å². The van der Waals surface area contributed by atoms with Gasteiger partial charge >= 0.3 is 0 Å². The second-order valence-corrected chi connectivity index (χ2v) is 6.12. The molecule has 0 spiro atoms. The standard InChI is InChI=1S/C16H24FNO/c1-12(13-5-7-14(17)8-6-13)10-18-15-4-3-9-16(15,2)11-19/h5-8,12,15,18-19H,3-4,9-11H2,1-2H3. The highest BCUT2D eigenvalue weighted by Crippen LogP contribution is 2.37. The predicted molar refractivity (Wildman–Crippen MR) is 75.6 cm³/mol. The van der Waals surface area contributed by atoms with Gasteiger partial charge in [0, 0.05) is 24.6 Å². The van der Waals surface area contributed by atoms with Crippen LogP contribution in [0.25, 0.3) is 0 Å². The predicted octanol–water partition coefficient (Wildman–Crippen LogP) is 3.07. The Morgan fingerprint density at radius 2 is 2.11 bits per heavy atom. The zero-order valence-corrected chi connectivity index (χ0v) is 11.8. The van der Waals surface area contributed by atoms with Gasteiger partial charge in [0.05, 0.1) is 0 Å². The zero-order valence-electron chi connectivity index (χ0n) is 11.8. The lowest BCUT2D eigenvalue weighted by Gasteiger charge is -2.31. The maximum absolute atomic E-state index is 12.9. The van der Waals surface area contributed by atoms with Crippen molar-refractivity contribution >= 4 is 0 Å². The minimum absolute atomic E-state index is 0.0164. The third kappa shape index (κ3) is 3.34. The van der Waals surface area contributed by atoms with Gasteiger partial charge in [-0.15, -0.1) is 0 Å². The molecule has 1 saturated carbocycles. The van der Waals surface area contributed by atoms with Crippen molar-refractivity contribution in [2.45, 2.75) is 45.1 Å². The highest BCUT2D eigenvalue weighted by atomic mass is 19.1. The van der Waals surface area contributed by atoms with Crippen molar-refractivity contribution < 1.29 is 9.50 Å². The van der Waals surface area contributed by atoms with Crippen LogP contribution in [-0.4, -0.2) is 24.3 Å². The summed E-state index contributed by atoms with van der Waals surface area (Å²) in [7, 11) is 0. The second-order valence-electron chi connectivity index (χ2n) is 6.12. The molecule has 0 radical (unpaired) electrons. The van der Waals surface area contributed by atoms with Crippen molar-refractivity contribution in [2.75, 3.05) is 13.2 Å². The molecule has 0 aliphatic heterocycles. The van der Waals surface area contributed by atoms with Crippen molar-refractivity contribution in [1.82, 2.24) is 5.32 Å². The van der Waals surface area contributed by atoms with Crippen molar-refractivity contribution in [3.8, 4) is 0 Å². The van der Waals surface area contributed by atoms with Gasteiger partial charge in [-0.3, -0.25) is 0 Å². The van der Waals surface area contributed by atoms with Gasteiger partial charge in [0.2, 0.25) is 0 Å². The van der Waals surface area contributed by atoms with E-state index in [0.29, 0.717) is 12.0 Å². The van der Waals surface area contributed by atoms with Crippen LogP contribution in [0, 0.1) is 11.2 Å². The number of aliphatic hydroxyl groups is 1. The molecule has 0 aromatic heterocycles. The number of aliphatic hydroxyl groups excluding tert-OH is 1. The van der Waals surface area contributed by atoms with E-state index in [4.69, 9.17) is 0 Å². The lowest BCUT2D eigenvalue weighted by molar-refractivity contribution is 0.118. The van der Waals surface area contributed by atoms with E-state index in [2.05, 4.69) is 19.2 Å². The Balaban J connectivity index is 1.90. The Kier molecular flexibility index (Phi) is 4.58. The fourth-order valence-corrected chi connectivity index (χ4v) is 3.00. The summed E-state index contributed by atoms with van der Waals surface area (Å²) in [5, 5.41) is 13.1. The molecule has 0 amide bonds. The van der Waals surface area contributed by atoms with Crippen LogP contribution < -0.4 is 5.32 Å². The number of hydrogen-bond donors (Lipinski definition) is 2. The Labute approximate surface area is 115 Å². The van der Waals surface area contributed by atoms with Crippen molar-refractivity contribution in [1.29, 1.82) is 0 Å². The number of hydrogen-bond acceptors (Lipinski definition) is 2. The summed E-state index contributed by atoms with van der Waals surface area (Å²) in [5.74, 6) is 0.164. The third-order valence-corrected chi connectivity index (χ3v) is 4.55. The van der Waals surface area contributed by atoms with Crippen molar-refractivity contribution in [3.05, 3.63) is 35.6 Å². The molecular formula is C16H24FNO. The van der Waals surface area contributed by atoms with Gasteiger partial charge < -0.3 is 10.4 Å². The van der Waals surface area contributed by atoms with Crippen LogP contribution >= 0.6 is 0 Å². The summed E-state index contributed by atoms with van der Waals surface area (Å²) in [4.78, 5) is 0. The Morgan fingerprint density at radius 3 is 2.74 bits per heavy atom. The maximum Gasteiger partial charge on any atom is 0.123 e. The molecule has 1 aromatic carbocycles. The van der Waals surface area contributed by atoms with E-state index >= 15 is 0 Å². The quantitative estimate of drug-likeness (QED) is 0.857. The first-order valence-corrected chi connectivity index (χ1v) is 7.15. The van der Waals surface area contributed by atoms with Crippen molar-refractivity contribution in [2.24, 2.45) is 5.41 Å². The monoisotopic (exact) mass is 265 g/mol. The molecule has 0 bridgehead atoms. The van der Waals surface area contributed by atoms with E-state index in [-0.39, 0.29) is 17.8 Å². The average molecular weight is 265 g/mol. The minimum Gasteiger partial charge on any atom is -0.396 e. The zero-order chi connectivity index (χ0) is 13.9. The summed E-state index contributed by atoms with van der Waals surface area (Å²) >= 11 is 0. The molecule has 3 atom stereocenters. The molecule has 0 heterocycles. The normalized spacial score (nSPS) is 28.5. The fraction of sp³-hybridized carbons (Fsp3) is 0.625. The van der Waals surface area contributed by atoms with Crippen LogP contribution in [0.3, 0.4) is 0 Å². The number of rotatable bonds is 5. The second kappa shape index (κ2) is 6.02. The SMILES string of the molecule is CC(CNC1CCCC1(C)CO)c1ccc(F)cc1. The van der Waals surface area contributed by atoms with Crippen LogP contribution in [0.2, 0.25) is 0 Å². The molecular weight excluding hydrogens is 241 g/mol. The van der Waals surface area contributed by atoms with E-state index in [1.807, 2.05) is 12.1 Å². The van der Waals surface area contributed by atoms with Crippen LogP contribution in [0.15, 0.2) is 24.3 Å². The third-order valence-electron chi connectivity index (χ3n) is 4.55. The maximum atomic E-state index is 12.9. The summed E-state index contributed by atoms with van der Waals surface area (Å²) < 4.78 is 12.9. The van der Waals surface area contributed by atoms with Crippen LogP contribution in [0.4, 0.5) is 4.39 Å². The van der Waals surface area contributed by atoms with E-state index in [1.54, 1.807) is 0 Å². The molecule has 106 valence electrons. The van der Waals surface area contributed by atoms with Gasteiger partial charge in [-0.1, -0.05) is 32.4 Å². The summed E-state index contributed by atoms with van der Waals surface area (Å²) in [5.41, 5.74) is 1.17. The number of benzene rings is 1. The van der Waals surface area contributed by atoms with Gasteiger partial charge in [-0.05, 0) is 36.5 Å². The Hall–Kier alpha value is -0.930. The Morgan fingerprint density at radius 1 is 1.42 bits per heavy atom. The topological polar surface area (TPSA) is 32.3 Å². The molecule has 1 aliphatic carbocycles. The number of nitrogens with one attached hydrogen (secondary N) is 1. The molecule has 2 rings (SSSR count). The van der Waals surface area contributed by atoms with Gasteiger partial charge in [-0.2, -0.15) is 0 Å². The molecule has 19 heavy (non-hydrogen) atoms. The summed E-state index contributed by atoms with van der Waals surface area (Å²) in [6.07, 6.45) is 3.40. The van der Waals surface area contributed by atoms with Crippen LogP contribution in [0.1, 0.15) is 44.6 Å². The molecule has 1 aromatic rings. The molecule has 0 saturated heterocycles. The molecule has 3 heteroatoms. The highest BCUT2D eigenvalue weighted by molar-refractivity contribution is 5.20. The molecule has 2 nitrogen and oxygen atoms in total. The summed E-state index contributed by atoms with van der Waals surface area (Å²) in [6, 6.07) is 7.11. The van der Waals surface area contributed by atoms with E-state index < -0.39 is 0 Å². The molecule has 1 fully saturated rings.